The molecule has 0 aliphatic heterocycles. The van der Waals surface area contributed by atoms with Gasteiger partial charge in [-0.25, -0.2) is 19.0 Å². The topological polar surface area (TPSA) is 119 Å². The average Bonchev–Trinajstić information content (AvgIpc) is 2.78. The van der Waals surface area contributed by atoms with Crippen LogP contribution in [0.4, 0.5) is 19.8 Å². The molecule has 0 saturated carbocycles. The smallest absolute Gasteiger partial charge is 0.412 e. The van der Waals surface area contributed by atoms with Crippen LogP contribution in [0.1, 0.15) is 40.0 Å². The van der Waals surface area contributed by atoms with Crippen LogP contribution in [0.5, 0.6) is 0 Å². The van der Waals surface area contributed by atoms with E-state index >= 15 is 0 Å². The zero-order valence-corrected chi connectivity index (χ0v) is 21.3. The van der Waals surface area contributed by atoms with Crippen molar-refractivity contribution in [1.29, 1.82) is 0 Å². The molecule has 11 heteroatoms. The van der Waals surface area contributed by atoms with E-state index in [4.69, 9.17) is 9.47 Å². The molecule has 2 aromatic rings. The van der Waals surface area contributed by atoms with Crippen LogP contribution in [0.15, 0.2) is 30.5 Å². The maximum absolute atomic E-state index is 13.4. The van der Waals surface area contributed by atoms with Crippen LogP contribution in [0.2, 0.25) is 0 Å². The number of alkyl carbamates (subject to hydrolysis) is 1. The lowest BCUT2D eigenvalue weighted by Crippen LogP contribution is -2.39. The molecule has 2 rings (SSSR count). The molecule has 1 heterocycles. The van der Waals surface area contributed by atoms with Gasteiger partial charge in [0.05, 0.1) is 6.54 Å². The molecule has 192 valence electrons. The minimum atomic E-state index is -0.634. The minimum Gasteiger partial charge on any atom is -0.448 e. The minimum absolute atomic E-state index is 0.101. The first kappa shape index (κ1) is 28.2. The predicted octanol–water partition coefficient (Wildman–Crippen LogP) is 4.47. The molecule has 0 aliphatic rings. The van der Waals surface area contributed by atoms with Gasteiger partial charge < -0.3 is 20.1 Å². The SMILES string of the molecule is CSC(CCCCNC(=O)CNC(=O)OC(C)(C)C)COC(=O)Nc1cc2cc(F)ccc2cn1. The van der Waals surface area contributed by atoms with E-state index in [0.29, 0.717) is 11.9 Å². The lowest BCUT2D eigenvalue weighted by atomic mass is 10.2. The summed E-state index contributed by atoms with van der Waals surface area (Å²) in [6.07, 6.45) is 4.61. The monoisotopic (exact) mass is 508 g/mol. The fourth-order valence-corrected chi connectivity index (χ4v) is 3.62. The molecule has 0 saturated heterocycles. The number of nitrogens with zero attached hydrogens (tertiary/aromatic N) is 1. The summed E-state index contributed by atoms with van der Waals surface area (Å²) < 4.78 is 23.8. The molecule has 1 aromatic carbocycles. The van der Waals surface area contributed by atoms with E-state index < -0.39 is 17.8 Å². The van der Waals surface area contributed by atoms with Crippen molar-refractivity contribution < 1.29 is 28.2 Å². The van der Waals surface area contributed by atoms with Crippen molar-refractivity contribution in [3.63, 3.8) is 0 Å². The van der Waals surface area contributed by atoms with Crippen molar-refractivity contribution in [3.8, 4) is 0 Å². The first-order valence-corrected chi connectivity index (χ1v) is 12.6. The van der Waals surface area contributed by atoms with Crippen molar-refractivity contribution in [2.45, 2.75) is 50.9 Å². The molecule has 0 radical (unpaired) electrons. The Morgan fingerprint density at radius 2 is 1.86 bits per heavy atom. The number of amides is 3. The summed E-state index contributed by atoms with van der Waals surface area (Å²) in [5.41, 5.74) is -0.618. The molecule has 9 nitrogen and oxygen atoms in total. The van der Waals surface area contributed by atoms with Crippen molar-refractivity contribution in [3.05, 3.63) is 36.3 Å². The van der Waals surface area contributed by atoms with Crippen LogP contribution < -0.4 is 16.0 Å². The number of fused-ring (bicyclic) bond motifs is 1. The molecule has 1 atom stereocenters. The second-order valence-electron chi connectivity index (χ2n) is 8.84. The molecular formula is C24H33FN4O5S. The lowest BCUT2D eigenvalue weighted by Gasteiger charge is -2.19. The molecule has 0 fully saturated rings. The standard InChI is InChI=1S/C24H33FN4O5S/c1-24(2,3)34-22(31)28-14-21(30)26-10-6-5-7-19(35-4)15-33-23(32)29-20-12-17-11-18(25)9-8-16(17)13-27-20/h8-9,11-13,19H,5-7,10,14-15H2,1-4H3,(H,26,30)(H,28,31)(H,27,29,32). The van der Waals surface area contributed by atoms with E-state index in [1.807, 2.05) is 6.26 Å². The maximum Gasteiger partial charge on any atom is 0.412 e. The highest BCUT2D eigenvalue weighted by molar-refractivity contribution is 7.99. The fourth-order valence-electron chi connectivity index (χ4n) is 3.01. The van der Waals surface area contributed by atoms with Gasteiger partial charge in [0.1, 0.15) is 23.8 Å². The molecule has 35 heavy (non-hydrogen) atoms. The van der Waals surface area contributed by atoms with Crippen LogP contribution in [0.3, 0.4) is 0 Å². The fraction of sp³-hybridized carbons (Fsp3) is 0.500. The number of hydrogen-bond donors (Lipinski definition) is 3. The summed E-state index contributed by atoms with van der Waals surface area (Å²) in [4.78, 5) is 39.6. The number of carbonyl (C=O) groups excluding carboxylic acids is 3. The number of nitrogens with one attached hydrogen (secondary N) is 3. The van der Waals surface area contributed by atoms with E-state index in [1.54, 1.807) is 50.9 Å². The Hall–Kier alpha value is -3.08. The number of aromatic nitrogens is 1. The summed E-state index contributed by atoms with van der Waals surface area (Å²) in [5, 5.41) is 9.22. The van der Waals surface area contributed by atoms with Crippen LogP contribution in [0, 0.1) is 5.82 Å². The molecule has 0 aliphatic carbocycles. The van der Waals surface area contributed by atoms with Crippen molar-refractivity contribution in [1.82, 2.24) is 15.6 Å². The zero-order chi connectivity index (χ0) is 25.8. The Kier molecular flexibility index (Phi) is 11.0. The number of halogens is 1. The maximum atomic E-state index is 13.4. The number of unbranched alkanes of at least 4 members (excludes halogenated alkanes) is 1. The Morgan fingerprint density at radius 1 is 1.09 bits per heavy atom. The van der Waals surface area contributed by atoms with Crippen molar-refractivity contribution >= 4 is 46.4 Å². The highest BCUT2D eigenvalue weighted by Crippen LogP contribution is 2.19. The van der Waals surface area contributed by atoms with Gasteiger partial charge in [-0.1, -0.05) is 6.42 Å². The van der Waals surface area contributed by atoms with Gasteiger partial charge in [-0.05, 0) is 69.5 Å². The van der Waals surface area contributed by atoms with Gasteiger partial charge in [0.25, 0.3) is 0 Å². The quantitative estimate of drug-likeness (QED) is 0.383. The van der Waals surface area contributed by atoms with Crippen LogP contribution in [-0.2, 0) is 14.3 Å². The third-order valence-corrected chi connectivity index (χ3v) is 5.75. The van der Waals surface area contributed by atoms with Crippen molar-refractivity contribution in [2.24, 2.45) is 0 Å². The van der Waals surface area contributed by atoms with Gasteiger partial charge in [0.2, 0.25) is 5.91 Å². The van der Waals surface area contributed by atoms with Gasteiger partial charge in [0, 0.05) is 23.4 Å². The van der Waals surface area contributed by atoms with Crippen molar-refractivity contribution in [2.75, 3.05) is 31.3 Å². The van der Waals surface area contributed by atoms with E-state index in [1.165, 1.54) is 12.1 Å². The number of ether oxygens (including phenoxy) is 2. The zero-order valence-electron chi connectivity index (χ0n) is 20.5. The molecule has 1 aromatic heterocycles. The van der Waals surface area contributed by atoms with E-state index in [2.05, 4.69) is 20.9 Å². The highest BCUT2D eigenvalue weighted by Gasteiger charge is 2.16. The number of carbonyl (C=O) groups is 3. The summed E-state index contributed by atoms with van der Waals surface area (Å²) in [6, 6.07) is 5.93. The van der Waals surface area contributed by atoms with Gasteiger partial charge in [-0.3, -0.25) is 10.1 Å². The Labute approximate surface area is 208 Å². The van der Waals surface area contributed by atoms with Gasteiger partial charge in [-0.15, -0.1) is 0 Å². The number of rotatable bonds is 11. The largest absolute Gasteiger partial charge is 0.448 e. The summed E-state index contributed by atoms with van der Waals surface area (Å²) in [6.45, 7) is 5.80. The normalized spacial score (nSPS) is 12.0. The van der Waals surface area contributed by atoms with Crippen LogP contribution in [-0.4, -0.2) is 59.9 Å². The lowest BCUT2D eigenvalue weighted by molar-refractivity contribution is -0.120. The number of pyridine rings is 1. The second-order valence-corrected chi connectivity index (χ2v) is 9.98. The number of thioether (sulfide) groups is 1. The molecule has 3 amide bonds. The Bertz CT molecular complexity index is 1020. The molecule has 1 unspecified atom stereocenters. The summed E-state index contributed by atoms with van der Waals surface area (Å²) in [5.74, 6) is -0.370. The van der Waals surface area contributed by atoms with Crippen LogP contribution >= 0.6 is 11.8 Å². The predicted molar refractivity (Wildman–Crippen MR) is 135 cm³/mol. The Morgan fingerprint density at radius 3 is 2.57 bits per heavy atom. The van der Waals surface area contributed by atoms with E-state index in [0.717, 1.165) is 24.6 Å². The van der Waals surface area contributed by atoms with Gasteiger partial charge >= 0.3 is 12.2 Å². The third kappa shape index (κ3) is 11.3. The van der Waals surface area contributed by atoms with E-state index in [-0.39, 0.29) is 35.9 Å². The third-order valence-electron chi connectivity index (χ3n) is 4.71. The Balaban J connectivity index is 1.61. The second kappa shape index (κ2) is 13.7. The summed E-state index contributed by atoms with van der Waals surface area (Å²) >= 11 is 1.59. The molecular weight excluding hydrogens is 475 g/mol. The van der Waals surface area contributed by atoms with Gasteiger partial charge in [-0.2, -0.15) is 11.8 Å². The first-order valence-electron chi connectivity index (χ1n) is 11.3. The number of hydrogen-bond acceptors (Lipinski definition) is 7. The number of anilines is 1. The molecule has 0 bridgehead atoms. The first-order chi connectivity index (χ1) is 16.6. The summed E-state index contributed by atoms with van der Waals surface area (Å²) in [7, 11) is 0. The molecule has 3 N–H and O–H groups in total. The number of benzene rings is 1. The average molecular weight is 509 g/mol. The van der Waals surface area contributed by atoms with Crippen LogP contribution in [0.25, 0.3) is 10.8 Å². The molecule has 0 spiro atoms. The van der Waals surface area contributed by atoms with E-state index in [9.17, 15) is 18.8 Å². The van der Waals surface area contributed by atoms with Gasteiger partial charge in [0.15, 0.2) is 0 Å². The highest BCUT2D eigenvalue weighted by atomic mass is 32.2.